The van der Waals surface area contributed by atoms with E-state index in [0.29, 0.717) is 22.1 Å². The van der Waals surface area contributed by atoms with Gasteiger partial charge in [-0.25, -0.2) is 9.36 Å². The minimum absolute atomic E-state index is 0.0185. The first-order chi connectivity index (χ1) is 13.3. The first-order valence-corrected chi connectivity index (χ1v) is 8.77. The molecule has 0 aliphatic carbocycles. The summed E-state index contributed by atoms with van der Waals surface area (Å²) in [5.41, 5.74) is 0.531. The van der Waals surface area contributed by atoms with Crippen molar-refractivity contribution < 1.29 is 13.5 Å². The number of hydrogen-bond acceptors (Lipinski definition) is 3. The Kier molecular flexibility index (Phi) is 5.65. The Labute approximate surface area is 164 Å². The lowest BCUT2D eigenvalue weighted by atomic mass is 10.1. The van der Waals surface area contributed by atoms with Gasteiger partial charge in [0.25, 0.3) is 5.56 Å². The van der Waals surface area contributed by atoms with E-state index >= 15 is 0 Å². The Morgan fingerprint density at radius 1 is 1.04 bits per heavy atom. The molecule has 3 aromatic rings. The zero-order chi connectivity index (χ0) is 20.4. The molecule has 1 aromatic heterocycles. The molecular weight excluding hydrogens is 390 g/mol. The molecular formula is C20H17ClF2N2O3. The van der Waals surface area contributed by atoms with Crippen LogP contribution in [0.4, 0.5) is 8.78 Å². The van der Waals surface area contributed by atoms with Gasteiger partial charge in [-0.05, 0) is 43.2 Å². The molecule has 0 unspecified atom stereocenters. The SMILES string of the molecule is Cc1ccc(Oc2ccc(Cn3ccc(=O)n(C(F)F)c3=O)cc2Cl)c(C)c1. The number of halogens is 3. The lowest BCUT2D eigenvalue weighted by Crippen LogP contribution is -2.39. The molecule has 2 aromatic carbocycles. The standard InChI is InChI=1S/C20H17ClF2N2O3/c1-12-3-5-16(13(2)9-12)28-17-6-4-14(10-15(17)21)11-24-8-7-18(26)25(19(22)23)20(24)27/h3-10,19H,11H2,1-2H3. The van der Waals surface area contributed by atoms with Gasteiger partial charge in [-0.1, -0.05) is 35.4 Å². The molecule has 0 fully saturated rings. The molecule has 1 heterocycles. The Morgan fingerprint density at radius 2 is 1.75 bits per heavy atom. The number of hydrogen-bond donors (Lipinski definition) is 0. The summed E-state index contributed by atoms with van der Waals surface area (Å²) >= 11 is 6.29. The van der Waals surface area contributed by atoms with Gasteiger partial charge in [0.1, 0.15) is 11.5 Å². The number of aryl methyl sites for hydroxylation is 2. The molecule has 146 valence electrons. The van der Waals surface area contributed by atoms with Crippen molar-refractivity contribution in [2.24, 2.45) is 0 Å². The van der Waals surface area contributed by atoms with Crippen molar-refractivity contribution in [3.05, 3.63) is 91.2 Å². The Balaban J connectivity index is 1.86. The van der Waals surface area contributed by atoms with Crippen molar-refractivity contribution in [3.63, 3.8) is 0 Å². The largest absolute Gasteiger partial charge is 0.456 e. The number of aromatic nitrogens is 2. The summed E-state index contributed by atoms with van der Waals surface area (Å²) in [4.78, 5) is 23.5. The van der Waals surface area contributed by atoms with E-state index in [0.717, 1.165) is 21.8 Å². The van der Waals surface area contributed by atoms with Gasteiger partial charge < -0.3 is 4.74 Å². The Morgan fingerprint density at radius 3 is 2.39 bits per heavy atom. The topological polar surface area (TPSA) is 53.2 Å². The third-order valence-corrected chi connectivity index (χ3v) is 4.48. The molecule has 0 bridgehead atoms. The average molecular weight is 407 g/mol. The first-order valence-electron chi connectivity index (χ1n) is 8.40. The zero-order valence-corrected chi connectivity index (χ0v) is 15.9. The number of benzene rings is 2. The van der Waals surface area contributed by atoms with Gasteiger partial charge in [0.15, 0.2) is 0 Å². The van der Waals surface area contributed by atoms with Crippen LogP contribution >= 0.6 is 11.6 Å². The normalized spacial score (nSPS) is 11.1. The van der Waals surface area contributed by atoms with Gasteiger partial charge in [-0.15, -0.1) is 0 Å². The third kappa shape index (κ3) is 4.14. The summed E-state index contributed by atoms with van der Waals surface area (Å²) in [6.07, 6.45) is 1.18. The minimum Gasteiger partial charge on any atom is -0.456 e. The summed E-state index contributed by atoms with van der Waals surface area (Å²) in [5.74, 6) is 1.10. The molecule has 0 amide bonds. The minimum atomic E-state index is -3.20. The summed E-state index contributed by atoms with van der Waals surface area (Å²) in [5, 5.41) is 0.313. The van der Waals surface area contributed by atoms with Crippen LogP contribution in [-0.2, 0) is 6.54 Å². The summed E-state index contributed by atoms with van der Waals surface area (Å²) in [7, 11) is 0. The Hall–Kier alpha value is -2.93. The number of rotatable bonds is 5. The van der Waals surface area contributed by atoms with Gasteiger partial charge in [0.2, 0.25) is 0 Å². The second kappa shape index (κ2) is 7.98. The summed E-state index contributed by atoms with van der Waals surface area (Å²) in [6, 6.07) is 11.6. The highest BCUT2D eigenvalue weighted by Crippen LogP contribution is 2.32. The van der Waals surface area contributed by atoms with Crippen LogP contribution in [0, 0.1) is 13.8 Å². The van der Waals surface area contributed by atoms with E-state index in [4.69, 9.17) is 16.3 Å². The van der Waals surface area contributed by atoms with E-state index in [1.165, 1.54) is 6.20 Å². The van der Waals surface area contributed by atoms with Crippen LogP contribution in [-0.4, -0.2) is 9.13 Å². The second-order valence-electron chi connectivity index (χ2n) is 6.35. The van der Waals surface area contributed by atoms with Crippen LogP contribution in [0.3, 0.4) is 0 Å². The van der Waals surface area contributed by atoms with Gasteiger partial charge in [0.05, 0.1) is 11.6 Å². The lowest BCUT2D eigenvalue weighted by Gasteiger charge is -2.13. The molecule has 0 aliphatic rings. The molecule has 0 atom stereocenters. The van der Waals surface area contributed by atoms with Crippen LogP contribution < -0.4 is 16.0 Å². The molecule has 28 heavy (non-hydrogen) atoms. The van der Waals surface area contributed by atoms with E-state index < -0.39 is 17.8 Å². The maximum Gasteiger partial charge on any atom is 0.335 e. The fourth-order valence-electron chi connectivity index (χ4n) is 2.78. The van der Waals surface area contributed by atoms with E-state index in [2.05, 4.69) is 0 Å². The monoisotopic (exact) mass is 406 g/mol. The number of ether oxygens (including phenoxy) is 1. The van der Waals surface area contributed by atoms with E-state index in [1.54, 1.807) is 18.2 Å². The average Bonchev–Trinajstić information content (AvgIpc) is 2.61. The molecule has 0 radical (unpaired) electrons. The lowest BCUT2D eigenvalue weighted by molar-refractivity contribution is 0.0597. The summed E-state index contributed by atoms with van der Waals surface area (Å²) in [6.45, 7) is 0.687. The molecule has 0 aliphatic heterocycles. The van der Waals surface area contributed by atoms with Crippen molar-refractivity contribution in [1.82, 2.24) is 9.13 Å². The van der Waals surface area contributed by atoms with Gasteiger partial charge in [0, 0.05) is 12.3 Å². The van der Waals surface area contributed by atoms with Gasteiger partial charge in [-0.3, -0.25) is 9.36 Å². The zero-order valence-electron chi connectivity index (χ0n) is 15.2. The second-order valence-corrected chi connectivity index (χ2v) is 6.76. The number of alkyl halides is 2. The van der Waals surface area contributed by atoms with E-state index in [-0.39, 0.29) is 11.1 Å². The molecule has 0 saturated carbocycles. The van der Waals surface area contributed by atoms with Gasteiger partial charge in [-0.2, -0.15) is 8.78 Å². The van der Waals surface area contributed by atoms with Crippen LogP contribution in [0.2, 0.25) is 5.02 Å². The maximum absolute atomic E-state index is 12.9. The molecule has 0 saturated heterocycles. The predicted molar refractivity (Wildman–Crippen MR) is 103 cm³/mol. The Bertz CT molecular complexity index is 1140. The highest BCUT2D eigenvalue weighted by Gasteiger charge is 2.14. The fourth-order valence-corrected chi connectivity index (χ4v) is 3.03. The molecule has 8 heteroatoms. The molecule has 0 spiro atoms. The van der Waals surface area contributed by atoms with Crippen molar-refractivity contribution in [3.8, 4) is 11.5 Å². The highest BCUT2D eigenvalue weighted by molar-refractivity contribution is 6.32. The van der Waals surface area contributed by atoms with Crippen molar-refractivity contribution in [2.75, 3.05) is 0 Å². The van der Waals surface area contributed by atoms with E-state index in [9.17, 15) is 18.4 Å². The van der Waals surface area contributed by atoms with Gasteiger partial charge >= 0.3 is 12.2 Å². The van der Waals surface area contributed by atoms with Crippen molar-refractivity contribution in [2.45, 2.75) is 26.9 Å². The molecule has 0 N–H and O–H groups in total. The highest BCUT2D eigenvalue weighted by atomic mass is 35.5. The van der Waals surface area contributed by atoms with Crippen molar-refractivity contribution in [1.29, 1.82) is 0 Å². The van der Waals surface area contributed by atoms with Crippen LogP contribution in [0.25, 0.3) is 0 Å². The third-order valence-electron chi connectivity index (χ3n) is 4.18. The van der Waals surface area contributed by atoms with E-state index in [1.807, 2.05) is 32.0 Å². The quantitative estimate of drug-likeness (QED) is 0.626. The van der Waals surface area contributed by atoms with Crippen LogP contribution in [0.1, 0.15) is 23.2 Å². The molecule has 5 nitrogen and oxygen atoms in total. The van der Waals surface area contributed by atoms with Crippen molar-refractivity contribution >= 4 is 11.6 Å². The van der Waals surface area contributed by atoms with Crippen LogP contribution in [0.15, 0.2) is 58.3 Å². The van der Waals surface area contributed by atoms with Crippen LogP contribution in [0.5, 0.6) is 11.5 Å². The number of nitrogens with zero attached hydrogens (tertiary/aromatic N) is 2. The summed E-state index contributed by atoms with van der Waals surface area (Å²) < 4.78 is 32.6. The fraction of sp³-hybridized carbons (Fsp3) is 0.200. The predicted octanol–water partition coefficient (Wildman–Crippen LogP) is 4.52. The first kappa shape index (κ1) is 19.8. The molecule has 3 rings (SSSR count). The maximum atomic E-state index is 12.9. The smallest absolute Gasteiger partial charge is 0.335 e.